The number of carbonyl (C=O) groups excluding carboxylic acids is 2. The average molecular weight is 304 g/mol. The van der Waals surface area contributed by atoms with E-state index < -0.39 is 17.7 Å². The number of hydrogen-bond acceptors (Lipinski definition) is 5. The van der Waals surface area contributed by atoms with Crippen LogP contribution >= 0.6 is 0 Å². The molecule has 0 aliphatic carbocycles. The topological polar surface area (TPSA) is 61.8 Å². The second kappa shape index (κ2) is 6.75. The molecule has 0 amide bonds. The minimum atomic E-state index is -1.23. The van der Waals surface area contributed by atoms with Gasteiger partial charge in [-0.15, -0.1) is 0 Å². The number of hydrogen-bond donors (Lipinski definition) is 0. The lowest BCUT2D eigenvalue weighted by Crippen LogP contribution is -2.41. The van der Waals surface area contributed by atoms with Gasteiger partial charge in [-0.1, -0.05) is 31.2 Å². The van der Waals surface area contributed by atoms with Crippen molar-refractivity contribution in [3.05, 3.63) is 41.0 Å². The van der Waals surface area contributed by atoms with Gasteiger partial charge in [0.2, 0.25) is 0 Å². The number of ether oxygens (including phenoxy) is 3. The molecule has 0 bridgehead atoms. The molecule has 1 aliphatic rings. The van der Waals surface area contributed by atoms with Gasteiger partial charge >= 0.3 is 11.9 Å². The van der Waals surface area contributed by atoms with E-state index in [-0.39, 0.29) is 5.57 Å². The quantitative estimate of drug-likeness (QED) is 0.362. The number of carbonyl (C=O) groups is 2. The third-order valence-corrected chi connectivity index (χ3v) is 3.08. The lowest BCUT2D eigenvalue weighted by atomic mass is 10.0. The molecule has 0 N–H and O–H groups in total. The highest BCUT2D eigenvalue weighted by Gasteiger charge is 2.38. The van der Waals surface area contributed by atoms with Gasteiger partial charge in [0, 0.05) is 20.5 Å². The predicted octanol–water partition coefficient (Wildman–Crippen LogP) is 2.83. The van der Waals surface area contributed by atoms with Gasteiger partial charge in [0.25, 0.3) is 5.79 Å². The predicted molar refractivity (Wildman–Crippen MR) is 80.6 cm³/mol. The second-order valence-electron chi connectivity index (χ2n) is 5.49. The van der Waals surface area contributed by atoms with E-state index in [4.69, 9.17) is 14.2 Å². The Morgan fingerprint density at radius 3 is 2.41 bits per heavy atom. The number of rotatable bonds is 5. The Balaban J connectivity index is 2.25. The molecule has 1 aromatic carbocycles. The van der Waals surface area contributed by atoms with E-state index in [1.807, 2.05) is 31.2 Å². The van der Waals surface area contributed by atoms with E-state index in [0.29, 0.717) is 13.2 Å². The van der Waals surface area contributed by atoms with Crippen LogP contribution in [0.3, 0.4) is 0 Å². The molecule has 1 heterocycles. The highest BCUT2D eigenvalue weighted by molar-refractivity contribution is 6.18. The van der Waals surface area contributed by atoms with Gasteiger partial charge in [0.15, 0.2) is 0 Å². The SMILES string of the molecule is CCCOCc1ccccc1C=C1C(=O)OC(C)(C)OC1=O. The van der Waals surface area contributed by atoms with Gasteiger partial charge in [-0.25, -0.2) is 9.59 Å². The lowest BCUT2D eigenvalue weighted by molar-refractivity contribution is -0.222. The molecule has 1 aromatic rings. The highest BCUT2D eigenvalue weighted by Crippen LogP contribution is 2.25. The van der Waals surface area contributed by atoms with E-state index in [1.165, 1.54) is 19.9 Å². The van der Waals surface area contributed by atoms with Crippen LogP contribution in [-0.2, 0) is 30.4 Å². The Morgan fingerprint density at radius 2 is 1.77 bits per heavy atom. The van der Waals surface area contributed by atoms with Crippen LogP contribution in [0.4, 0.5) is 0 Å². The fourth-order valence-corrected chi connectivity index (χ4v) is 2.07. The van der Waals surface area contributed by atoms with Gasteiger partial charge in [0.05, 0.1) is 6.61 Å². The summed E-state index contributed by atoms with van der Waals surface area (Å²) in [4.78, 5) is 23.9. The second-order valence-corrected chi connectivity index (χ2v) is 5.49. The minimum Gasteiger partial charge on any atom is -0.419 e. The first kappa shape index (κ1) is 16.2. The number of cyclic esters (lactones) is 2. The molecule has 0 spiro atoms. The van der Waals surface area contributed by atoms with Gasteiger partial charge in [-0.3, -0.25) is 0 Å². The van der Waals surface area contributed by atoms with E-state index in [1.54, 1.807) is 0 Å². The maximum absolute atomic E-state index is 12.0. The van der Waals surface area contributed by atoms with Crippen LogP contribution in [0.15, 0.2) is 29.8 Å². The van der Waals surface area contributed by atoms with Crippen molar-refractivity contribution in [1.82, 2.24) is 0 Å². The molecule has 0 atom stereocenters. The summed E-state index contributed by atoms with van der Waals surface area (Å²) in [6.07, 6.45) is 2.42. The first-order valence-corrected chi connectivity index (χ1v) is 7.27. The van der Waals surface area contributed by atoms with E-state index in [0.717, 1.165) is 17.5 Å². The molecule has 1 aliphatic heterocycles. The van der Waals surface area contributed by atoms with Crippen LogP contribution in [0, 0.1) is 0 Å². The van der Waals surface area contributed by atoms with Crippen LogP contribution in [0.2, 0.25) is 0 Å². The fourth-order valence-electron chi connectivity index (χ4n) is 2.07. The summed E-state index contributed by atoms with van der Waals surface area (Å²) < 4.78 is 15.7. The third-order valence-electron chi connectivity index (χ3n) is 3.08. The molecular weight excluding hydrogens is 284 g/mol. The molecule has 0 unspecified atom stereocenters. The fraction of sp³-hybridized carbons (Fsp3) is 0.412. The van der Waals surface area contributed by atoms with Crippen molar-refractivity contribution in [3.8, 4) is 0 Å². The van der Waals surface area contributed by atoms with Crippen molar-refractivity contribution < 1.29 is 23.8 Å². The summed E-state index contributed by atoms with van der Waals surface area (Å²) in [6.45, 7) is 6.15. The zero-order valence-electron chi connectivity index (χ0n) is 13.0. The van der Waals surface area contributed by atoms with E-state index in [9.17, 15) is 9.59 Å². The van der Waals surface area contributed by atoms with Gasteiger partial charge in [-0.2, -0.15) is 0 Å². The van der Waals surface area contributed by atoms with Crippen LogP contribution in [0.5, 0.6) is 0 Å². The summed E-state index contributed by atoms with van der Waals surface area (Å²) in [5.41, 5.74) is 1.53. The van der Waals surface area contributed by atoms with Crippen LogP contribution in [0.1, 0.15) is 38.3 Å². The molecule has 22 heavy (non-hydrogen) atoms. The zero-order valence-corrected chi connectivity index (χ0v) is 13.0. The Morgan fingerprint density at radius 1 is 1.14 bits per heavy atom. The van der Waals surface area contributed by atoms with E-state index >= 15 is 0 Å². The molecule has 0 radical (unpaired) electrons. The van der Waals surface area contributed by atoms with Crippen molar-refractivity contribution in [2.24, 2.45) is 0 Å². The number of esters is 2. The molecule has 0 saturated carbocycles. The van der Waals surface area contributed by atoms with Crippen molar-refractivity contribution >= 4 is 18.0 Å². The summed E-state index contributed by atoms with van der Waals surface area (Å²) in [5.74, 6) is -2.58. The van der Waals surface area contributed by atoms with Crippen molar-refractivity contribution in [3.63, 3.8) is 0 Å². The summed E-state index contributed by atoms with van der Waals surface area (Å²) in [6, 6.07) is 7.43. The Hall–Kier alpha value is -2.14. The average Bonchev–Trinajstić information content (AvgIpc) is 2.43. The van der Waals surface area contributed by atoms with Crippen molar-refractivity contribution in [1.29, 1.82) is 0 Å². The largest absolute Gasteiger partial charge is 0.419 e. The third kappa shape index (κ3) is 3.95. The van der Waals surface area contributed by atoms with Crippen LogP contribution < -0.4 is 0 Å². The molecule has 1 fully saturated rings. The Labute approximate surface area is 129 Å². The number of benzene rings is 1. The monoisotopic (exact) mass is 304 g/mol. The summed E-state index contributed by atoms with van der Waals surface area (Å²) in [5, 5.41) is 0. The van der Waals surface area contributed by atoms with Gasteiger partial charge in [0.1, 0.15) is 5.57 Å². The van der Waals surface area contributed by atoms with Gasteiger partial charge < -0.3 is 14.2 Å². The zero-order chi connectivity index (χ0) is 16.2. The molecule has 2 rings (SSSR count). The Kier molecular flexibility index (Phi) is 4.98. The first-order chi connectivity index (χ1) is 10.4. The molecule has 1 saturated heterocycles. The Bertz CT molecular complexity index is 579. The smallest absolute Gasteiger partial charge is 0.348 e. The highest BCUT2D eigenvalue weighted by atomic mass is 16.7. The molecular formula is C17H20O5. The van der Waals surface area contributed by atoms with Crippen molar-refractivity contribution in [2.45, 2.75) is 39.6 Å². The maximum Gasteiger partial charge on any atom is 0.348 e. The lowest BCUT2D eigenvalue weighted by Gasteiger charge is -2.29. The molecule has 118 valence electrons. The molecule has 5 heteroatoms. The van der Waals surface area contributed by atoms with Crippen LogP contribution in [0.25, 0.3) is 6.08 Å². The summed E-state index contributed by atoms with van der Waals surface area (Å²) in [7, 11) is 0. The molecule has 0 aromatic heterocycles. The van der Waals surface area contributed by atoms with E-state index in [2.05, 4.69) is 0 Å². The molecule has 5 nitrogen and oxygen atoms in total. The standard InChI is InChI=1S/C17H20O5/c1-4-9-20-11-13-8-6-5-7-12(13)10-14-15(18)21-17(2,3)22-16(14)19/h5-8,10H,4,9,11H2,1-3H3. The normalized spacial score (nSPS) is 17.0. The van der Waals surface area contributed by atoms with Crippen molar-refractivity contribution in [2.75, 3.05) is 6.61 Å². The minimum absolute atomic E-state index is 0.109. The van der Waals surface area contributed by atoms with Gasteiger partial charge in [-0.05, 0) is 23.6 Å². The summed E-state index contributed by atoms with van der Waals surface area (Å²) >= 11 is 0. The first-order valence-electron chi connectivity index (χ1n) is 7.27. The van der Waals surface area contributed by atoms with Crippen LogP contribution in [-0.4, -0.2) is 24.3 Å². The maximum atomic E-state index is 12.0.